The molecule has 4 heterocycles. The molecule has 5 rings (SSSR count). The Bertz CT molecular complexity index is 1290. The summed E-state index contributed by atoms with van der Waals surface area (Å²) in [6, 6.07) is 11.3. The zero-order valence-electron chi connectivity index (χ0n) is 18.9. The molecule has 1 aliphatic rings. The number of piperazine rings is 1. The van der Waals surface area contributed by atoms with Crippen molar-refractivity contribution in [2.45, 2.75) is 26.9 Å². The Hall–Kier alpha value is -2.94. The largest absolute Gasteiger partial charge is 0.494 e. The minimum absolute atomic E-state index is 0.316. The maximum Gasteiger partial charge on any atom is 0.336 e. The molecule has 0 atom stereocenters. The molecule has 0 bridgehead atoms. The fourth-order valence-corrected chi connectivity index (χ4v) is 4.88. The van der Waals surface area contributed by atoms with Crippen LogP contribution in [0.15, 0.2) is 55.4 Å². The number of hydrogen-bond donors (Lipinski definition) is 0. The number of rotatable bonds is 7. The Balaban J connectivity index is 1.24. The average Bonchev–Trinajstić information content (AvgIpc) is 3.46. The number of thiophene rings is 1. The van der Waals surface area contributed by atoms with Gasteiger partial charge in [-0.05, 0) is 49.1 Å². The van der Waals surface area contributed by atoms with Gasteiger partial charge >= 0.3 is 5.63 Å². The van der Waals surface area contributed by atoms with Crippen LogP contribution in [0.25, 0.3) is 21.7 Å². The molecule has 1 fully saturated rings. The minimum Gasteiger partial charge on any atom is -0.494 e. The summed E-state index contributed by atoms with van der Waals surface area (Å²) in [7, 11) is 0. The van der Waals surface area contributed by atoms with E-state index in [9.17, 15) is 4.79 Å². The van der Waals surface area contributed by atoms with E-state index in [0.717, 1.165) is 65.8 Å². The van der Waals surface area contributed by atoms with E-state index in [2.05, 4.69) is 9.80 Å². The first kappa shape index (κ1) is 21.9. The summed E-state index contributed by atoms with van der Waals surface area (Å²) in [5.41, 5.74) is 2.26. The Kier molecular flexibility index (Phi) is 6.30. The summed E-state index contributed by atoms with van der Waals surface area (Å²) in [5, 5.41) is 2.97. The topological polar surface area (TPSA) is 72.0 Å². The third-order valence-corrected chi connectivity index (χ3v) is 6.83. The third-order valence-electron chi connectivity index (χ3n) is 5.97. The van der Waals surface area contributed by atoms with E-state index in [-0.39, 0.29) is 5.63 Å². The summed E-state index contributed by atoms with van der Waals surface area (Å²) < 4.78 is 16.9. The van der Waals surface area contributed by atoms with Crippen molar-refractivity contribution >= 4 is 22.3 Å². The zero-order valence-corrected chi connectivity index (χ0v) is 19.7. The van der Waals surface area contributed by atoms with Gasteiger partial charge in [0.2, 0.25) is 5.89 Å². The van der Waals surface area contributed by atoms with Crippen molar-refractivity contribution in [1.29, 1.82) is 0 Å². The van der Waals surface area contributed by atoms with Crippen LogP contribution >= 0.6 is 11.3 Å². The monoisotopic (exact) mass is 465 g/mol. The predicted molar refractivity (Wildman–Crippen MR) is 129 cm³/mol. The van der Waals surface area contributed by atoms with Gasteiger partial charge in [-0.2, -0.15) is 0 Å². The first-order chi connectivity index (χ1) is 16.1. The number of oxazole rings is 1. The van der Waals surface area contributed by atoms with Gasteiger partial charge in [-0.15, -0.1) is 11.3 Å². The molecule has 0 saturated carbocycles. The van der Waals surface area contributed by atoms with Gasteiger partial charge in [0, 0.05) is 50.7 Å². The number of aryl methyl sites for hydroxylation is 1. The van der Waals surface area contributed by atoms with Crippen molar-refractivity contribution in [3.05, 3.63) is 69.2 Å². The van der Waals surface area contributed by atoms with Crippen LogP contribution in [0, 0.1) is 6.92 Å². The van der Waals surface area contributed by atoms with Gasteiger partial charge in [-0.3, -0.25) is 9.80 Å². The summed E-state index contributed by atoms with van der Waals surface area (Å²) in [5.74, 6) is 2.38. The Morgan fingerprint density at radius 2 is 1.85 bits per heavy atom. The van der Waals surface area contributed by atoms with E-state index in [1.807, 2.05) is 49.6 Å². The zero-order chi connectivity index (χ0) is 22.8. The van der Waals surface area contributed by atoms with Crippen molar-refractivity contribution in [2.24, 2.45) is 0 Å². The van der Waals surface area contributed by atoms with Crippen LogP contribution in [0.5, 0.6) is 5.75 Å². The van der Waals surface area contributed by atoms with E-state index >= 15 is 0 Å². The lowest BCUT2D eigenvalue weighted by Gasteiger charge is -2.34. The molecular weight excluding hydrogens is 438 g/mol. The second-order valence-corrected chi connectivity index (χ2v) is 9.18. The van der Waals surface area contributed by atoms with E-state index < -0.39 is 0 Å². The lowest BCUT2D eigenvalue weighted by Crippen LogP contribution is -2.45. The van der Waals surface area contributed by atoms with Crippen LogP contribution in [0.4, 0.5) is 0 Å². The van der Waals surface area contributed by atoms with Gasteiger partial charge in [0.05, 0.1) is 17.2 Å². The Morgan fingerprint density at radius 3 is 2.58 bits per heavy atom. The normalized spacial score (nSPS) is 15.3. The molecule has 0 N–H and O–H groups in total. The quantitative estimate of drug-likeness (QED) is 0.371. The summed E-state index contributed by atoms with van der Waals surface area (Å²) in [6.07, 6.45) is 0. The number of fused-ring (bicyclic) bond motifs is 1. The fraction of sp³-hybridized carbons (Fsp3) is 0.360. The van der Waals surface area contributed by atoms with Crippen molar-refractivity contribution in [3.63, 3.8) is 0 Å². The van der Waals surface area contributed by atoms with Gasteiger partial charge in [0.15, 0.2) is 0 Å². The molecule has 1 aliphatic heterocycles. The lowest BCUT2D eigenvalue weighted by molar-refractivity contribution is 0.121. The van der Waals surface area contributed by atoms with Crippen LogP contribution in [-0.2, 0) is 13.1 Å². The summed E-state index contributed by atoms with van der Waals surface area (Å²) >= 11 is 1.64. The van der Waals surface area contributed by atoms with Crippen molar-refractivity contribution < 1.29 is 13.6 Å². The van der Waals surface area contributed by atoms with Gasteiger partial charge < -0.3 is 13.6 Å². The molecule has 8 heteroatoms. The number of ether oxygens (including phenoxy) is 1. The number of aromatic nitrogens is 1. The summed E-state index contributed by atoms with van der Waals surface area (Å²) in [4.78, 5) is 22.7. The molecule has 172 valence electrons. The standard InChI is InChI=1S/C25H27N3O4S/c1-3-30-19-6-7-22-20(14-19)18(13-24(29)32-22)15-27-8-10-28(11-9-27)16-21-17(2)31-25(26-21)23-5-4-12-33-23/h4-7,12-14H,3,8-11,15-16H2,1-2H3. The summed E-state index contributed by atoms with van der Waals surface area (Å²) in [6.45, 7) is 9.73. The molecular formula is C25H27N3O4S. The molecule has 0 aliphatic carbocycles. The molecule has 33 heavy (non-hydrogen) atoms. The third kappa shape index (κ3) is 4.88. The first-order valence-corrected chi connectivity index (χ1v) is 12.1. The molecule has 0 radical (unpaired) electrons. The predicted octanol–water partition coefficient (Wildman–Crippen LogP) is 4.53. The molecule has 3 aromatic heterocycles. The molecule has 7 nitrogen and oxygen atoms in total. The van der Waals surface area contributed by atoms with Gasteiger partial charge in [0.1, 0.15) is 17.1 Å². The van der Waals surface area contributed by atoms with E-state index in [1.54, 1.807) is 17.4 Å². The van der Waals surface area contributed by atoms with Crippen molar-refractivity contribution in [1.82, 2.24) is 14.8 Å². The highest BCUT2D eigenvalue weighted by Gasteiger charge is 2.21. The van der Waals surface area contributed by atoms with Crippen molar-refractivity contribution in [3.8, 4) is 16.5 Å². The van der Waals surface area contributed by atoms with Gasteiger partial charge in [-0.1, -0.05) is 6.07 Å². The minimum atomic E-state index is -0.316. The highest BCUT2D eigenvalue weighted by molar-refractivity contribution is 7.13. The highest BCUT2D eigenvalue weighted by atomic mass is 32.1. The molecule has 1 aromatic carbocycles. The van der Waals surface area contributed by atoms with Crippen LogP contribution in [0.2, 0.25) is 0 Å². The average molecular weight is 466 g/mol. The Morgan fingerprint density at radius 1 is 1.06 bits per heavy atom. The van der Waals surface area contributed by atoms with Crippen LogP contribution in [0.3, 0.4) is 0 Å². The van der Waals surface area contributed by atoms with Crippen LogP contribution < -0.4 is 10.4 Å². The Labute approximate surface area is 196 Å². The number of hydrogen-bond acceptors (Lipinski definition) is 8. The lowest BCUT2D eigenvalue weighted by atomic mass is 10.1. The maximum atomic E-state index is 12.1. The second-order valence-electron chi connectivity index (χ2n) is 8.23. The molecule has 1 saturated heterocycles. The highest BCUT2D eigenvalue weighted by Crippen LogP contribution is 2.27. The van der Waals surface area contributed by atoms with Crippen molar-refractivity contribution in [2.75, 3.05) is 32.8 Å². The van der Waals surface area contributed by atoms with Gasteiger partial charge in [-0.25, -0.2) is 9.78 Å². The van der Waals surface area contributed by atoms with Gasteiger partial charge in [0.25, 0.3) is 0 Å². The number of nitrogens with zero attached hydrogens (tertiary/aromatic N) is 3. The van der Waals surface area contributed by atoms with E-state index in [4.69, 9.17) is 18.6 Å². The van der Waals surface area contributed by atoms with E-state index in [0.29, 0.717) is 24.6 Å². The second kappa shape index (κ2) is 9.51. The first-order valence-electron chi connectivity index (χ1n) is 11.2. The van der Waals surface area contributed by atoms with E-state index in [1.165, 1.54) is 0 Å². The molecule has 0 amide bonds. The molecule has 0 unspecified atom stereocenters. The smallest absolute Gasteiger partial charge is 0.336 e. The maximum absolute atomic E-state index is 12.1. The molecule has 0 spiro atoms. The molecule has 4 aromatic rings. The van der Waals surface area contributed by atoms with Crippen LogP contribution in [0.1, 0.15) is 23.9 Å². The number of benzene rings is 1. The fourth-order valence-electron chi connectivity index (χ4n) is 4.23. The van der Waals surface area contributed by atoms with Crippen LogP contribution in [-0.4, -0.2) is 47.6 Å². The SMILES string of the molecule is CCOc1ccc2oc(=O)cc(CN3CCN(Cc4nc(-c5cccs5)oc4C)CC3)c2c1.